The molecule has 0 aliphatic carbocycles. The summed E-state index contributed by atoms with van der Waals surface area (Å²) < 4.78 is 2.11. The third kappa shape index (κ3) is 4.01. The van der Waals surface area contributed by atoms with Crippen LogP contribution in [0.4, 0.5) is 11.6 Å². The van der Waals surface area contributed by atoms with Gasteiger partial charge in [0, 0.05) is 18.6 Å². The highest BCUT2D eigenvalue weighted by Crippen LogP contribution is 2.25. The first-order valence-electron chi connectivity index (χ1n) is 6.28. The fourth-order valence-corrected chi connectivity index (χ4v) is 2.39. The number of anilines is 2. The predicted molar refractivity (Wildman–Crippen MR) is 86.4 cm³/mol. The van der Waals surface area contributed by atoms with Gasteiger partial charge >= 0.3 is 0 Å². The van der Waals surface area contributed by atoms with E-state index >= 15 is 0 Å². The number of benzene rings is 1. The highest BCUT2D eigenvalue weighted by atomic mass is 79.9. The minimum atomic E-state index is -0.376. The van der Waals surface area contributed by atoms with Crippen LogP contribution in [0.25, 0.3) is 0 Å². The van der Waals surface area contributed by atoms with Crippen molar-refractivity contribution in [1.29, 1.82) is 0 Å². The van der Waals surface area contributed by atoms with Crippen LogP contribution >= 0.6 is 15.9 Å². The molecular weight excluding hydrogens is 352 g/mol. The maximum Gasteiger partial charge on any atom is 0.261 e. The van der Waals surface area contributed by atoms with Crippen LogP contribution in [0.15, 0.2) is 27.8 Å². The van der Waals surface area contributed by atoms with Gasteiger partial charge < -0.3 is 10.6 Å². The number of hydrogen-bond acceptors (Lipinski definition) is 7. The maximum atomic E-state index is 11.7. The van der Waals surface area contributed by atoms with Crippen LogP contribution in [-0.4, -0.2) is 46.4 Å². The van der Waals surface area contributed by atoms with Crippen LogP contribution in [0.2, 0.25) is 0 Å². The van der Waals surface area contributed by atoms with E-state index in [0.29, 0.717) is 0 Å². The molecule has 1 aromatic heterocycles. The Kier molecular flexibility index (Phi) is 5.04. The molecule has 0 radical (unpaired) electrons. The number of hydrogen-bond donors (Lipinski definition) is 2. The lowest BCUT2D eigenvalue weighted by Gasteiger charge is -2.14. The van der Waals surface area contributed by atoms with E-state index in [9.17, 15) is 4.79 Å². The Bertz CT molecular complexity index is 696. The SMILES string of the molecule is CN(C)c1ccc(/C=N/NC(=O)Cn2nnnc2N)cc1Br. The van der Waals surface area contributed by atoms with Gasteiger partial charge in [0.2, 0.25) is 5.95 Å². The van der Waals surface area contributed by atoms with E-state index in [1.807, 2.05) is 37.2 Å². The Morgan fingerprint density at radius 1 is 1.55 bits per heavy atom. The first kappa shape index (κ1) is 15.9. The van der Waals surface area contributed by atoms with Crippen molar-refractivity contribution in [3.05, 3.63) is 28.2 Å². The van der Waals surface area contributed by atoms with Crippen LogP contribution in [0.3, 0.4) is 0 Å². The molecule has 2 rings (SSSR count). The molecule has 2 aromatic rings. The lowest BCUT2D eigenvalue weighted by atomic mass is 10.2. The van der Waals surface area contributed by atoms with Crippen LogP contribution in [0, 0.1) is 0 Å². The van der Waals surface area contributed by atoms with Crippen LogP contribution in [0.1, 0.15) is 5.56 Å². The quantitative estimate of drug-likeness (QED) is 0.578. The number of nitrogens with zero attached hydrogens (tertiary/aromatic N) is 6. The minimum absolute atomic E-state index is 0.0716. The summed E-state index contributed by atoms with van der Waals surface area (Å²) in [5, 5.41) is 14.3. The summed E-state index contributed by atoms with van der Waals surface area (Å²) in [5.41, 5.74) is 9.75. The van der Waals surface area contributed by atoms with Gasteiger partial charge in [0.15, 0.2) is 0 Å². The number of carbonyl (C=O) groups is 1. The first-order chi connectivity index (χ1) is 10.5. The van der Waals surface area contributed by atoms with Crippen molar-refractivity contribution < 1.29 is 4.79 Å². The molecule has 10 heteroatoms. The predicted octanol–water partition coefficient (Wildman–Crippen LogP) is 0.234. The topological polar surface area (TPSA) is 114 Å². The molecule has 116 valence electrons. The van der Waals surface area contributed by atoms with Crippen molar-refractivity contribution in [2.75, 3.05) is 24.7 Å². The van der Waals surface area contributed by atoms with Crippen LogP contribution in [0.5, 0.6) is 0 Å². The number of nitrogen functional groups attached to an aromatic ring is 1. The second-order valence-electron chi connectivity index (χ2n) is 4.59. The molecule has 1 heterocycles. The lowest BCUT2D eigenvalue weighted by Crippen LogP contribution is -2.24. The molecule has 0 aliphatic heterocycles. The normalized spacial score (nSPS) is 10.9. The molecule has 0 saturated heterocycles. The summed E-state index contributed by atoms with van der Waals surface area (Å²) in [4.78, 5) is 13.6. The molecule has 0 spiro atoms. The summed E-state index contributed by atoms with van der Waals surface area (Å²) in [5.74, 6) is -0.304. The van der Waals surface area contributed by atoms with Crippen molar-refractivity contribution in [1.82, 2.24) is 25.6 Å². The number of tetrazole rings is 1. The summed E-state index contributed by atoms with van der Waals surface area (Å²) in [6, 6.07) is 5.76. The fraction of sp³-hybridized carbons (Fsp3) is 0.250. The van der Waals surface area contributed by atoms with Gasteiger partial charge in [-0.05, 0) is 44.1 Å². The molecule has 1 aromatic carbocycles. The van der Waals surface area contributed by atoms with E-state index in [1.165, 1.54) is 4.68 Å². The minimum Gasteiger partial charge on any atom is -0.377 e. The molecule has 0 saturated carbocycles. The Balaban J connectivity index is 1.93. The number of rotatable bonds is 5. The second kappa shape index (κ2) is 6.98. The third-order valence-electron chi connectivity index (χ3n) is 2.71. The number of carbonyl (C=O) groups excluding carboxylic acids is 1. The van der Waals surface area contributed by atoms with Gasteiger partial charge in [0.05, 0.1) is 11.9 Å². The Morgan fingerprint density at radius 3 is 2.91 bits per heavy atom. The molecule has 1 amide bonds. The number of nitrogens with one attached hydrogen (secondary N) is 1. The Labute approximate surface area is 135 Å². The molecule has 9 nitrogen and oxygen atoms in total. The Hall–Kier alpha value is -2.49. The zero-order valence-electron chi connectivity index (χ0n) is 12.1. The van der Waals surface area contributed by atoms with Gasteiger partial charge in [-0.1, -0.05) is 11.2 Å². The number of hydrazone groups is 1. The highest BCUT2D eigenvalue weighted by molar-refractivity contribution is 9.10. The van der Waals surface area contributed by atoms with Crippen molar-refractivity contribution in [3.63, 3.8) is 0 Å². The average molecular weight is 367 g/mol. The van der Waals surface area contributed by atoms with E-state index < -0.39 is 0 Å². The average Bonchev–Trinajstić information content (AvgIpc) is 2.84. The van der Waals surface area contributed by atoms with E-state index in [0.717, 1.165) is 15.7 Å². The molecule has 0 atom stereocenters. The summed E-state index contributed by atoms with van der Waals surface area (Å²) >= 11 is 3.49. The third-order valence-corrected chi connectivity index (χ3v) is 3.34. The maximum absolute atomic E-state index is 11.7. The van der Waals surface area contributed by atoms with Gasteiger partial charge in [0.25, 0.3) is 5.91 Å². The standard InChI is InChI=1S/C12H15BrN8O/c1-20(2)10-4-3-8(5-9(10)13)6-15-16-11(22)7-21-12(14)17-18-19-21/h3-6H,7H2,1-2H3,(H,16,22)(H2,14,17,19)/b15-6+. The number of nitrogens with two attached hydrogens (primary N) is 1. The highest BCUT2D eigenvalue weighted by Gasteiger charge is 2.06. The second-order valence-corrected chi connectivity index (χ2v) is 5.45. The zero-order chi connectivity index (χ0) is 16.1. The van der Waals surface area contributed by atoms with Crippen molar-refractivity contribution in [2.45, 2.75) is 6.54 Å². The molecule has 0 bridgehead atoms. The van der Waals surface area contributed by atoms with Gasteiger partial charge in [-0.25, -0.2) is 10.1 Å². The zero-order valence-corrected chi connectivity index (χ0v) is 13.6. The van der Waals surface area contributed by atoms with Crippen molar-refractivity contribution in [3.8, 4) is 0 Å². The Morgan fingerprint density at radius 2 is 2.32 bits per heavy atom. The van der Waals surface area contributed by atoms with Crippen molar-refractivity contribution in [2.24, 2.45) is 5.10 Å². The monoisotopic (exact) mass is 366 g/mol. The number of halogens is 1. The van der Waals surface area contributed by atoms with Gasteiger partial charge in [0.1, 0.15) is 6.54 Å². The van der Waals surface area contributed by atoms with Gasteiger partial charge in [-0.2, -0.15) is 5.10 Å². The largest absolute Gasteiger partial charge is 0.377 e. The summed E-state index contributed by atoms with van der Waals surface area (Å²) in [6.45, 7) is -0.0978. The number of aromatic nitrogens is 4. The van der Waals surface area contributed by atoms with Gasteiger partial charge in [-0.3, -0.25) is 4.79 Å². The van der Waals surface area contributed by atoms with Crippen LogP contribution in [-0.2, 0) is 11.3 Å². The van der Waals surface area contributed by atoms with Crippen LogP contribution < -0.4 is 16.1 Å². The van der Waals surface area contributed by atoms with E-state index in [-0.39, 0.29) is 18.4 Å². The number of amides is 1. The van der Waals surface area contributed by atoms with Gasteiger partial charge in [-0.15, -0.1) is 0 Å². The molecule has 3 N–H and O–H groups in total. The first-order valence-corrected chi connectivity index (χ1v) is 7.07. The summed E-state index contributed by atoms with van der Waals surface area (Å²) in [6.07, 6.45) is 1.55. The smallest absolute Gasteiger partial charge is 0.261 e. The van der Waals surface area contributed by atoms with E-state index in [4.69, 9.17) is 5.73 Å². The summed E-state index contributed by atoms with van der Waals surface area (Å²) in [7, 11) is 3.91. The molecule has 0 fully saturated rings. The molecule has 0 aliphatic rings. The molecular formula is C12H15BrN8O. The van der Waals surface area contributed by atoms with E-state index in [1.54, 1.807) is 6.21 Å². The molecule has 22 heavy (non-hydrogen) atoms. The lowest BCUT2D eigenvalue weighted by molar-refractivity contribution is -0.121. The van der Waals surface area contributed by atoms with E-state index in [2.05, 4.69) is 42.0 Å². The fourth-order valence-electron chi connectivity index (χ4n) is 1.64. The molecule has 0 unspecified atom stereocenters. The van der Waals surface area contributed by atoms with Crippen molar-refractivity contribution >= 4 is 39.7 Å².